The summed E-state index contributed by atoms with van der Waals surface area (Å²) in [6.45, 7) is 2.35. The van der Waals surface area contributed by atoms with Gasteiger partial charge < -0.3 is 19.8 Å². The molecule has 2 atom stereocenters. The van der Waals surface area contributed by atoms with Crippen molar-refractivity contribution < 1.29 is 24.5 Å². The van der Waals surface area contributed by atoms with Crippen LogP contribution in [0.15, 0.2) is 72.8 Å². The van der Waals surface area contributed by atoms with E-state index in [-0.39, 0.29) is 30.0 Å². The zero-order chi connectivity index (χ0) is 22.7. The Morgan fingerprint density at radius 1 is 1.00 bits per heavy atom. The zero-order valence-corrected chi connectivity index (χ0v) is 17.8. The lowest BCUT2D eigenvalue weighted by atomic mass is 9.91. The molecule has 0 saturated carbocycles. The molecule has 2 N–H and O–H groups in total. The number of carbonyl (C=O) groups excluding carboxylic acids is 1. The predicted octanol–water partition coefficient (Wildman–Crippen LogP) is 4.97. The van der Waals surface area contributed by atoms with Crippen LogP contribution < -0.4 is 9.64 Å². The van der Waals surface area contributed by atoms with Crippen LogP contribution in [0.1, 0.15) is 47.2 Å². The van der Waals surface area contributed by atoms with Crippen LogP contribution in [-0.2, 0) is 11.4 Å². The Labute approximate surface area is 186 Å². The number of rotatable bonds is 7. The van der Waals surface area contributed by atoms with E-state index in [1.165, 1.54) is 12.1 Å². The van der Waals surface area contributed by atoms with Gasteiger partial charge in [0.1, 0.15) is 18.1 Å². The number of fused-ring (bicyclic) bond motifs is 1. The number of ether oxygens (including phenoxy) is 1. The summed E-state index contributed by atoms with van der Waals surface area (Å²) in [5, 5.41) is 19.0. The van der Waals surface area contributed by atoms with Crippen molar-refractivity contribution >= 4 is 17.6 Å². The van der Waals surface area contributed by atoms with E-state index < -0.39 is 5.97 Å². The molecule has 3 aromatic carbocycles. The van der Waals surface area contributed by atoms with Crippen LogP contribution in [-0.4, -0.2) is 28.1 Å². The third-order valence-electron chi connectivity index (χ3n) is 5.88. The van der Waals surface area contributed by atoms with Crippen LogP contribution in [0.2, 0.25) is 0 Å². The highest BCUT2D eigenvalue weighted by Crippen LogP contribution is 2.45. The lowest BCUT2D eigenvalue weighted by molar-refractivity contribution is -0.137. The maximum Gasteiger partial charge on any atom is 0.303 e. The lowest BCUT2D eigenvalue weighted by Crippen LogP contribution is -2.37. The van der Waals surface area contributed by atoms with Crippen LogP contribution >= 0.6 is 0 Å². The largest absolute Gasteiger partial charge is 0.508 e. The van der Waals surface area contributed by atoms with Gasteiger partial charge in [-0.05, 0) is 60.9 Å². The summed E-state index contributed by atoms with van der Waals surface area (Å²) in [7, 11) is 0. The number of hydrogen-bond donors (Lipinski definition) is 2. The number of nitrogens with zero attached hydrogens (tertiary/aromatic N) is 1. The molecule has 1 amide bonds. The van der Waals surface area contributed by atoms with Gasteiger partial charge >= 0.3 is 5.97 Å². The summed E-state index contributed by atoms with van der Waals surface area (Å²) in [6, 6.07) is 21.5. The van der Waals surface area contributed by atoms with E-state index in [1.54, 1.807) is 17.0 Å². The molecule has 0 saturated heterocycles. The van der Waals surface area contributed by atoms with Gasteiger partial charge in [-0.1, -0.05) is 36.4 Å². The minimum absolute atomic E-state index is 0.0116. The van der Waals surface area contributed by atoms with E-state index in [9.17, 15) is 19.8 Å². The molecule has 4 rings (SSSR count). The number of aromatic hydroxyl groups is 1. The number of carbonyl (C=O) groups is 2. The summed E-state index contributed by atoms with van der Waals surface area (Å²) in [5.74, 6) is -0.539. The fraction of sp³-hybridized carbons (Fsp3) is 0.231. The minimum atomic E-state index is -0.868. The van der Waals surface area contributed by atoms with E-state index >= 15 is 0 Å². The van der Waals surface area contributed by atoms with E-state index in [2.05, 4.69) is 0 Å². The summed E-state index contributed by atoms with van der Waals surface area (Å²) in [6.07, 6.45) is 0.424. The molecule has 1 aliphatic rings. The number of carboxylic acids is 1. The summed E-state index contributed by atoms with van der Waals surface area (Å²) in [5.41, 5.74) is 3.07. The molecule has 6 nitrogen and oxygen atoms in total. The first kappa shape index (κ1) is 21.4. The van der Waals surface area contributed by atoms with Crippen molar-refractivity contribution in [3.63, 3.8) is 0 Å². The SMILES string of the molecule is C[C@@H]1[C@@H](CCC(=O)O)c2cc(OCc3ccccc3)ccc2N1C(=O)c1cccc(O)c1. The van der Waals surface area contributed by atoms with E-state index in [1.807, 2.05) is 55.5 Å². The number of carboxylic acid groups (broad SMARTS) is 1. The Bertz CT molecular complexity index is 1130. The number of amides is 1. The third kappa shape index (κ3) is 4.44. The molecular formula is C26H25NO5. The molecule has 1 heterocycles. The van der Waals surface area contributed by atoms with E-state index in [4.69, 9.17) is 4.74 Å². The Kier molecular flexibility index (Phi) is 6.12. The van der Waals surface area contributed by atoms with Crippen molar-refractivity contribution in [2.24, 2.45) is 0 Å². The Morgan fingerprint density at radius 2 is 1.78 bits per heavy atom. The van der Waals surface area contributed by atoms with Crippen molar-refractivity contribution in [2.45, 2.75) is 38.3 Å². The highest BCUT2D eigenvalue weighted by molar-refractivity contribution is 6.08. The first-order valence-corrected chi connectivity index (χ1v) is 10.6. The highest BCUT2D eigenvalue weighted by atomic mass is 16.5. The molecule has 32 heavy (non-hydrogen) atoms. The van der Waals surface area contributed by atoms with Gasteiger partial charge in [-0.15, -0.1) is 0 Å². The molecule has 0 spiro atoms. The average Bonchev–Trinajstić information content (AvgIpc) is 3.06. The van der Waals surface area contributed by atoms with Gasteiger partial charge in [0.05, 0.1) is 0 Å². The number of phenols is 1. The predicted molar refractivity (Wildman–Crippen MR) is 121 cm³/mol. The second-order valence-corrected chi connectivity index (χ2v) is 8.00. The second-order valence-electron chi connectivity index (χ2n) is 8.00. The summed E-state index contributed by atoms with van der Waals surface area (Å²) < 4.78 is 5.97. The van der Waals surface area contributed by atoms with Crippen molar-refractivity contribution in [1.82, 2.24) is 0 Å². The Hall–Kier alpha value is -3.80. The molecule has 0 aliphatic carbocycles. The van der Waals surface area contributed by atoms with Gasteiger partial charge in [-0.3, -0.25) is 9.59 Å². The lowest BCUT2D eigenvalue weighted by Gasteiger charge is -2.25. The molecule has 6 heteroatoms. The molecule has 0 fully saturated rings. The van der Waals surface area contributed by atoms with Gasteiger partial charge in [0.15, 0.2) is 0 Å². The smallest absolute Gasteiger partial charge is 0.303 e. The number of aliphatic carboxylic acids is 1. The van der Waals surface area contributed by atoms with Crippen LogP contribution in [0.4, 0.5) is 5.69 Å². The maximum atomic E-state index is 13.3. The van der Waals surface area contributed by atoms with Gasteiger partial charge in [0.2, 0.25) is 0 Å². The minimum Gasteiger partial charge on any atom is -0.508 e. The molecule has 1 aliphatic heterocycles. The molecule has 164 valence electrons. The van der Waals surface area contributed by atoms with Crippen LogP contribution in [0.25, 0.3) is 0 Å². The van der Waals surface area contributed by atoms with Crippen LogP contribution in [0, 0.1) is 0 Å². The quantitative estimate of drug-likeness (QED) is 0.552. The van der Waals surface area contributed by atoms with Gasteiger partial charge in [-0.2, -0.15) is 0 Å². The average molecular weight is 431 g/mol. The highest BCUT2D eigenvalue weighted by Gasteiger charge is 2.39. The number of anilines is 1. The summed E-state index contributed by atoms with van der Waals surface area (Å²) in [4.78, 5) is 26.3. The zero-order valence-electron chi connectivity index (χ0n) is 17.8. The second kappa shape index (κ2) is 9.14. The van der Waals surface area contributed by atoms with Crippen molar-refractivity contribution in [1.29, 1.82) is 0 Å². The molecule has 0 unspecified atom stereocenters. The molecule has 3 aromatic rings. The fourth-order valence-corrected chi connectivity index (χ4v) is 4.29. The van der Waals surface area contributed by atoms with Crippen LogP contribution in [0.5, 0.6) is 11.5 Å². The van der Waals surface area contributed by atoms with Gasteiger partial charge in [0, 0.05) is 29.6 Å². The molecule has 0 bridgehead atoms. The Balaban J connectivity index is 1.64. The van der Waals surface area contributed by atoms with Crippen molar-refractivity contribution in [2.75, 3.05) is 4.90 Å². The third-order valence-corrected chi connectivity index (χ3v) is 5.88. The topological polar surface area (TPSA) is 87.1 Å². The monoisotopic (exact) mass is 431 g/mol. The number of benzene rings is 3. The van der Waals surface area contributed by atoms with Gasteiger partial charge in [-0.25, -0.2) is 0 Å². The normalized spacial score (nSPS) is 17.1. The standard InChI is InChI=1S/C26H25NO5/c1-17-22(11-13-25(29)30)23-15-21(32-16-18-6-3-2-4-7-18)10-12-24(23)27(17)26(31)19-8-5-9-20(28)14-19/h2-10,12,14-15,17,22,28H,11,13,16H2,1H3,(H,29,30)/t17-,22-/m1/s1. The summed E-state index contributed by atoms with van der Waals surface area (Å²) >= 11 is 0. The van der Waals surface area contributed by atoms with Gasteiger partial charge in [0.25, 0.3) is 5.91 Å². The molecular weight excluding hydrogens is 406 g/mol. The molecule has 0 radical (unpaired) electrons. The number of phenolic OH excluding ortho intramolecular Hbond substituents is 1. The first-order valence-electron chi connectivity index (χ1n) is 10.6. The Morgan fingerprint density at radius 3 is 2.50 bits per heavy atom. The van der Waals surface area contributed by atoms with Crippen molar-refractivity contribution in [3.05, 3.63) is 89.5 Å². The number of hydrogen-bond acceptors (Lipinski definition) is 4. The van der Waals surface area contributed by atoms with Crippen molar-refractivity contribution in [3.8, 4) is 11.5 Å². The molecule has 0 aromatic heterocycles. The van der Waals surface area contributed by atoms with E-state index in [0.717, 1.165) is 16.8 Å². The first-order chi connectivity index (χ1) is 15.4. The van der Waals surface area contributed by atoms with E-state index in [0.29, 0.717) is 24.3 Å². The fourth-order valence-electron chi connectivity index (χ4n) is 4.29. The van der Waals surface area contributed by atoms with Crippen LogP contribution in [0.3, 0.4) is 0 Å². The maximum absolute atomic E-state index is 13.3.